The average molecular weight is 385 g/mol. The third-order valence-corrected chi connectivity index (χ3v) is 4.32. The van der Waals surface area contributed by atoms with Gasteiger partial charge in [0, 0.05) is 50.3 Å². The summed E-state index contributed by atoms with van der Waals surface area (Å²) in [4.78, 5) is 36.1. The molecule has 2 amide bonds. The Balaban J connectivity index is 1.57. The van der Waals surface area contributed by atoms with Gasteiger partial charge in [-0.25, -0.2) is 14.8 Å². The highest BCUT2D eigenvalue weighted by Crippen LogP contribution is 2.19. The summed E-state index contributed by atoms with van der Waals surface area (Å²) in [6.45, 7) is 3.89. The second-order valence-corrected chi connectivity index (χ2v) is 6.13. The van der Waals surface area contributed by atoms with E-state index in [-0.39, 0.29) is 12.0 Å². The van der Waals surface area contributed by atoms with Crippen LogP contribution < -0.4 is 10.1 Å². The molecule has 1 aromatic carbocycles. The van der Waals surface area contributed by atoms with Gasteiger partial charge in [-0.2, -0.15) is 0 Å². The third-order valence-electron chi connectivity index (χ3n) is 4.32. The number of aromatic nitrogens is 2. The fourth-order valence-electron chi connectivity index (χ4n) is 2.82. The van der Waals surface area contributed by atoms with E-state index in [1.54, 1.807) is 23.8 Å². The van der Waals surface area contributed by atoms with E-state index in [9.17, 15) is 9.59 Å². The van der Waals surface area contributed by atoms with Crippen LogP contribution in [0.5, 0.6) is 5.75 Å². The number of hydrogen-bond acceptors (Lipinski definition) is 7. The zero-order valence-corrected chi connectivity index (χ0v) is 15.9. The van der Waals surface area contributed by atoms with Gasteiger partial charge in [0.25, 0.3) is 5.91 Å². The molecule has 28 heavy (non-hydrogen) atoms. The third kappa shape index (κ3) is 4.67. The number of hydrogen-bond donors (Lipinski definition) is 1. The molecule has 0 unspecified atom stereocenters. The Morgan fingerprint density at radius 1 is 1.11 bits per heavy atom. The maximum atomic E-state index is 12.6. The van der Waals surface area contributed by atoms with Crippen molar-refractivity contribution in [1.29, 1.82) is 0 Å². The zero-order valence-electron chi connectivity index (χ0n) is 15.9. The Labute approximate surface area is 163 Å². The van der Waals surface area contributed by atoms with Gasteiger partial charge in [-0.15, -0.1) is 0 Å². The molecule has 0 bridgehead atoms. The van der Waals surface area contributed by atoms with Crippen molar-refractivity contribution >= 4 is 23.6 Å². The van der Waals surface area contributed by atoms with Gasteiger partial charge in [0.15, 0.2) is 0 Å². The molecule has 1 aliphatic rings. The molecule has 1 aliphatic heterocycles. The van der Waals surface area contributed by atoms with Gasteiger partial charge in [0.05, 0.1) is 19.3 Å². The number of carbonyl (C=O) groups excluding carboxylic acids is 2. The molecule has 0 spiro atoms. The summed E-state index contributed by atoms with van der Waals surface area (Å²) in [5.74, 6) is 0.951. The quantitative estimate of drug-likeness (QED) is 0.842. The monoisotopic (exact) mass is 385 g/mol. The number of nitrogens with one attached hydrogen (secondary N) is 1. The normalized spacial score (nSPS) is 13.8. The second kappa shape index (κ2) is 9.03. The number of ether oxygens (including phenoxy) is 2. The van der Waals surface area contributed by atoms with E-state index in [0.717, 1.165) is 11.4 Å². The Morgan fingerprint density at radius 3 is 2.43 bits per heavy atom. The van der Waals surface area contributed by atoms with Crippen LogP contribution in [0.1, 0.15) is 17.3 Å². The van der Waals surface area contributed by atoms with Crippen molar-refractivity contribution in [3.05, 3.63) is 42.2 Å². The van der Waals surface area contributed by atoms with Crippen LogP contribution in [-0.2, 0) is 4.74 Å². The van der Waals surface area contributed by atoms with E-state index in [0.29, 0.717) is 44.3 Å². The van der Waals surface area contributed by atoms with Crippen LogP contribution in [0.4, 0.5) is 16.4 Å². The first-order chi connectivity index (χ1) is 13.6. The molecule has 0 saturated carbocycles. The number of nitrogens with zero attached hydrogens (tertiary/aromatic N) is 4. The smallest absolute Gasteiger partial charge is 0.409 e. The lowest BCUT2D eigenvalue weighted by molar-refractivity contribution is 0.0570. The van der Waals surface area contributed by atoms with Crippen LogP contribution in [0.3, 0.4) is 0 Å². The number of methoxy groups -OCH3 is 1. The minimum atomic E-state index is -0.342. The molecule has 1 fully saturated rings. The minimum Gasteiger partial charge on any atom is -0.497 e. The summed E-state index contributed by atoms with van der Waals surface area (Å²) < 4.78 is 10.2. The predicted octanol–water partition coefficient (Wildman–Crippen LogP) is 2.14. The van der Waals surface area contributed by atoms with E-state index in [4.69, 9.17) is 9.47 Å². The highest BCUT2D eigenvalue weighted by molar-refractivity contribution is 5.93. The predicted molar refractivity (Wildman–Crippen MR) is 103 cm³/mol. The van der Waals surface area contributed by atoms with Gasteiger partial charge in [0.1, 0.15) is 5.75 Å². The van der Waals surface area contributed by atoms with Gasteiger partial charge >= 0.3 is 6.09 Å². The lowest BCUT2D eigenvalue weighted by atomic mass is 10.2. The highest BCUT2D eigenvalue weighted by atomic mass is 16.6. The SMILES string of the molecule is CCOC(=O)N1CCN(C(=O)c2cnc(Nc3cccc(OC)c3)nc2)CC1. The summed E-state index contributed by atoms with van der Waals surface area (Å²) in [5.41, 5.74) is 1.19. The lowest BCUT2D eigenvalue weighted by Gasteiger charge is -2.33. The van der Waals surface area contributed by atoms with Crippen molar-refractivity contribution in [2.75, 3.05) is 45.2 Å². The van der Waals surface area contributed by atoms with Crippen LogP contribution in [0.25, 0.3) is 0 Å². The first-order valence-corrected chi connectivity index (χ1v) is 9.04. The van der Waals surface area contributed by atoms with E-state index < -0.39 is 0 Å². The average Bonchev–Trinajstić information content (AvgIpc) is 2.74. The van der Waals surface area contributed by atoms with E-state index in [2.05, 4.69) is 15.3 Å². The van der Waals surface area contributed by atoms with E-state index in [1.165, 1.54) is 12.4 Å². The molecule has 2 aromatic rings. The van der Waals surface area contributed by atoms with Gasteiger partial charge in [-0.05, 0) is 19.1 Å². The molecule has 9 heteroatoms. The molecule has 1 N–H and O–H groups in total. The molecule has 9 nitrogen and oxygen atoms in total. The van der Waals surface area contributed by atoms with E-state index in [1.807, 2.05) is 24.3 Å². The summed E-state index contributed by atoms with van der Waals surface area (Å²) in [6.07, 6.45) is 2.65. The number of carbonyl (C=O) groups is 2. The van der Waals surface area contributed by atoms with Crippen molar-refractivity contribution in [1.82, 2.24) is 19.8 Å². The van der Waals surface area contributed by atoms with E-state index >= 15 is 0 Å². The molecular formula is C19H23N5O4. The number of benzene rings is 1. The molecule has 0 atom stereocenters. The van der Waals surface area contributed by atoms with Crippen LogP contribution in [0, 0.1) is 0 Å². The zero-order chi connectivity index (χ0) is 19.9. The molecule has 148 valence electrons. The van der Waals surface area contributed by atoms with Gasteiger partial charge in [-0.3, -0.25) is 4.79 Å². The topological polar surface area (TPSA) is 96.9 Å². The molecule has 3 rings (SSSR count). The highest BCUT2D eigenvalue weighted by Gasteiger charge is 2.25. The number of anilines is 2. The van der Waals surface area contributed by atoms with Crippen molar-refractivity contribution in [2.24, 2.45) is 0 Å². The lowest BCUT2D eigenvalue weighted by Crippen LogP contribution is -2.50. The van der Waals surface area contributed by atoms with Crippen molar-refractivity contribution in [3.63, 3.8) is 0 Å². The van der Waals surface area contributed by atoms with Crippen molar-refractivity contribution < 1.29 is 19.1 Å². The Hall–Kier alpha value is -3.36. The molecular weight excluding hydrogens is 362 g/mol. The largest absolute Gasteiger partial charge is 0.497 e. The van der Waals surface area contributed by atoms with Crippen molar-refractivity contribution in [2.45, 2.75) is 6.92 Å². The van der Waals surface area contributed by atoms with Gasteiger partial charge in [0.2, 0.25) is 5.95 Å². The molecule has 2 heterocycles. The van der Waals surface area contributed by atoms with Crippen LogP contribution in [-0.4, -0.2) is 71.7 Å². The molecule has 1 saturated heterocycles. The summed E-state index contributed by atoms with van der Waals surface area (Å²) in [7, 11) is 1.60. The Kier molecular flexibility index (Phi) is 6.25. The van der Waals surface area contributed by atoms with Crippen molar-refractivity contribution in [3.8, 4) is 5.75 Å². The maximum absolute atomic E-state index is 12.6. The summed E-state index contributed by atoms with van der Waals surface area (Å²) in [5, 5.41) is 3.07. The van der Waals surface area contributed by atoms with Crippen LogP contribution in [0.2, 0.25) is 0 Å². The van der Waals surface area contributed by atoms with Crippen LogP contribution >= 0.6 is 0 Å². The second-order valence-electron chi connectivity index (χ2n) is 6.13. The number of piperazine rings is 1. The molecule has 0 radical (unpaired) electrons. The summed E-state index contributed by atoms with van der Waals surface area (Å²) >= 11 is 0. The van der Waals surface area contributed by atoms with Gasteiger partial charge < -0.3 is 24.6 Å². The first-order valence-electron chi connectivity index (χ1n) is 9.04. The maximum Gasteiger partial charge on any atom is 0.409 e. The Bertz CT molecular complexity index is 819. The number of amides is 2. The Morgan fingerprint density at radius 2 is 1.79 bits per heavy atom. The number of rotatable bonds is 5. The van der Waals surface area contributed by atoms with Crippen LogP contribution in [0.15, 0.2) is 36.7 Å². The standard InChI is InChI=1S/C19H23N5O4/c1-3-28-19(26)24-9-7-23(8-10-24)17(25)14-12-20-18(21-13-14)22-15-5-4-6-16(11-15)27-2/h4-6,11-13H,3,7-10H2,1-2H3,(H,20,21,22). The summed E-state index contributed by atoms with van der Waals surface area (Å²) in [6, 6.07) is 7.39. The first kappa shape index (κ1) is 19.4. The fourth-order valence-corrected chi connectivity index (χ4v) is 2.82. The minimum absolute atomic E-state index is 0.156. The molecule has 1 aromatic heterocycles. The fraction of sp³-hybridized carbons (Fsp3) is 0.368. The van der Waals surface area contributed by atoms with Gasteiger partial charge in [-0.1, -0.05) is 6.07 Å². The molecule has 0 aliphatic carbocycles.